The normalized spacial score (nSPS) is 12.9. The van der Waals surface area contributed by atoms with Crippen molar-refractivity contribution in [2.45, 2.75) is 13.3 Å². The maximum Gasteiger partial charge on any atom is 0.228 e. The van der Waals surface area contributed by atoms with Gasteiger partial charge in [-0.2, -0.15) is 0 Å². The predicted molar refractivity (Wildman–Crippen MR) is 77.8 cm³/mol. The highest BCUT2D eigenvalue weighted by Gasteiger charge is 2.20. The van der Waals surface area contributed by atoms with Gasteiger partial charge in [-0.15, -0.1) is 0 Å². The van der Waals surface area contributed by atoms with E-state index in [1.54, 1.807) is 30.3 Å². The maximum atomic E-state index is 12.5. The van der Waals surface area contributed by atoms with Crippen LogP contribution in [0.5, 0.6) is 0 Å². The summed E-state index contributed by atoms with van der Waals surface area (Å²) in [7, 11) is 0. The first-order valence-electron chi connectivity index (χ1n) is 6.38. The second-order valence-corrected chi connectivity index (χ2v) is 5.00. The third-order valence-electron chi connectivity index (χ3n) is 3.50. The molecule has 0 saturated heterocycles. The topological polar surface area (TPSA) is 72.2 Å². The number of amides is 1. The fourth-order valence-corrected chi connectivity index (χ4v) is 2.41. The lowest BCUT2D eigenvalue weighted by atomic mass is 9.97. The van der Waals surface area contributed by atoms with E-state index in [1.165, 1.54) is 0 Å². The smallest absolute Gasteiger partial charge is 0.228 e. The Labute approximate surface area is 116 Å². The van der Waals surface area contributed by atoms with Gasteiger partial charge in [0, 0.05) is 22.5 Å². The lowest BCUT2D eigenvalue weighted by molar-refractivity contribution is -0.115. The molecule has 0 saturated carbocycles. The Morgan fingerprint density at radius 3 is 2.80 bits per heavy atom. The average molecular weight is 266 g/mol. The molecule has 0 atom stereocenters. The molecule has 3 rings (SSSR count). The molecule has 0 fully saturated rings. The van der Waals surface area contributed by atoms with E-state index in [2.05, 4.69) is 5.32 Å². The number of carbonyl (C=O) groups excluding carboxylic acids is 2. The van der Waals surface area contributed by atoms with Gasteiger partial charge in [-0.05, 0) is 48.4 Å². The van der Waals surface area contributed by atoms with Gasteiger partial charge in [0.25, 0.3) is 0 Å². The Bertz CT molecular complexity index is 735. The molecule has 2 aromatic rings. The van der Waals surface area contributed by atoms with Crippen molar-refractivity contribution in [3.63, 3.8) is 0 Å². The van der Waals surface area contributed by atoms with Gasteiger partial charge in [0.05, 0.1) is 6.42 Å². The molecular formula is C16H14N2O2. The first-order valence-corrected chi connectivity index (χ1v) is 6.38. The minimum Gasteiger partial charge on any atom is -0.399 e. The number of rotatable bonds is 2. The number of hydrogen-bond donors (Lipinski definition) is 2. The van der Waals surface area contributed by atoms with Gasteiger partial charge in [0.2, 0.25) is 5.91 Å². The van der Waals surface area contributed by atoms with Gasteiger partial charge in [0.1, 0.15) is 0 Å². The number of fused-ring (bicyclic) bond motifs is 1. The van der Waals surface area contributed by atoms with Gasteiger partial charge in [-0.1, -0.05) is 6.07 Å². The van der Waals surface area contributed by atoms with Crippen molar-refractivity contribution in [3.8, 4) is 0 Å². The highest BCUT2D eigenvalue weighted by Crippen LogP contribution is 2.26. The van der Waals surface area contributed by atoms with Crippen molar-refractivity contribution >= 4 is 23.1 Å². The molecule has 4 nitrogen and oxygen atoms in total. The Morgan fingerprint density at radius 1 is 1.20 bits per heavy atom. The number of nitrogen functional groups attached to an aromatic ring is 1. The van der Waals surface area contributed by atoms with Gasteiger partial charge in [-0.25, -0.2) is 0 Å². The van der Waals surface area contributed by atoms with Crippen LogP contribution in [0.2, 0.25) is 0 Å². The zero-order valence-electron chi connectivity index (χ0n) is 11.1. The minimum absolute atomic E-state index is 0.0373. The fourth-order valence-electron chi connectivity index (χ4n) is 2.41. The lowest BCUT2D eigenvalue weighted by Crippen LogP contribution is -2.05. The Hall–Kier alpha value is -2.62. The summed E-state index contributed by atoms with van der Waals surface area (Å²) in [6.45, 7) is 1.88. The second kappa shape index (κ2) is 4.49. The van der Waals surface area contributed by atoms with Crippen molar-refractivity contribution in [1.29, 1.82) is 0 Å². The van der Waals surface area contributed by atoms with Crippen LogP contribution in [0.25, 0.3) is 0 Å². The number of anilines is 2. The van der Waals surface area contributed by atoms with E-state index in [4.69, 9.17) is 5.73 Å². The molecule has 3 N–H and O–H groups in total. The van der Waals surface area contributed by atoms with E-state index < -0.39 is 0 Å². The molecule has 1 heterocycles. The zero-order valence-corrected chi connectivity index (χ0v) is 11.1. The lowest BCUT2D eigenvalue weighted by Gasteiger charge is -2.07. The minimum atomic E-state index is -0.0723. The summed E-state index contributed by atoms with van der Waals surface area (Å²) in [5.74, 6) is -0.110. The number of nitrogens with one attached hydrogen (secondary N) is 1. The molecule has 0 unspecified atom stereocenters. The molecular weight excluding hydrogens is 252 g/mol. The van der Waals surface area contributed by atoms with Crippen molar-refractivity contribution in [2.75, 3.05) is 11.1 Å². The van der Waals surface area contributed by atoms with E-state index in [0.29, 0.717) is 23.2 Å². The van der Waals surface area contributed by atoms with Crippen LogP contribution in [0, 0.1) is 6.92 Å². The molecule has 0 bridgehead atoms. The van der Waals surface area contributed by atoms with E-state index in [1.807, 2.05) is 13.0 Å². The summed E-state index contributed by atoms with van der Waals surface area (Å²) in [6.07, 6.45) is 0.326. The Balaban J connectivity index is 2.01. The molecule has 4 heteroatoms. The SMILES string of the molecule is Cc1ccc(N)cc1C(=O)c1ccc2c(c1)CC(=O)N2. The van der Waals surface area contributed by atoms with Gasteiger partial charge in [0.15, 0.2) is 5.78 Å². The van der Waals surface area contributed by atoms with Crippen molar-refractivity contribution in [2.24, 2.45) is 0 Å². The summed E-state index contributed by atoms with van der Waals surface area (Å²) >= 11 is 0. The first-order chi connectivity index (χ1) is 9.54. The van der Waals surface area contributed by atoms with Crippen molar-refractivity contribution in [1.82, 2.24) is 0 Å². The summed E-state index contributed by atoms with van der Waals surface area (Å²) in [5, 5.41) is 2.75. The highest BCUT2D eigenvalue weighted by molar-refractivity contribution is 6.11. The monoisotopic (exact) mass is 266 g/mol. The third-order valence-corrected chi connectivity index (χ3v) is 3.50. The Morgan fingerprint density at radius 2 is 2.00 bits per heavy atom. The molecule has 100 valence electrons. The Kier molecular flexibility index (Phi) is 2.79. The van der Waals surface area contributed by atoms with Crippen LogP contribution in [0.1, 0.15) is 27.0 Å². The number of benzene rings is 2. The van der Waals surface area contributed by atoms with E-state index >= 15 is 0 Å². The van der Waals surface area contributed by atoms with Gasteiger partial charge in [-0.3, -0.25) is 9.59 Å². The quantitative estimate of drug-likeness (QED) is 0.647. The molecule has 0 spiro atoms. The number of nitrogens with two attached hydrogens (primary N) is 1. The zero-order chi connectivity index (χ0) is 14.3. The average Bonchev–Trinajstić information content (AvgIpc) is 2.79. The van der Waals surface area contributed by atoms with Crippen molar-refractivity contribution < 1.29 is 9.59 Å². The molecule has 20 heavy (non-hydrogen) atoms. The van der Waals surface area contributed by atoms with Crippen LogP contribution in [0.3, 0.4) is 0 Å². The van der Waals surface area contributed by atoms with E-state index in [9.17, 15) is 9.59 Å². The predicted octanol–water partition coefficient (Wildman–Crippen LogP) is 2.30. The van der Waals surface area contributed by atoms with Crippen LogP contribution in [0.4, 0.5) is 11.4 Å². The standard InChI is InChI=1S/C16H14N2O2/c1-9-2-4-12(17)8-13(9)16(20)10-3-5-14-11(6-10)7-15(19)18-14/h2-6,8H,7,17H2,1H3,(H,18,19). The van der Waals surface area contributed by atoms with Gasteiger partial charge >= 0.3 is 0 Å². The number of ketones is 1. The largest absolute Gasteiger partial charge is 0.399 e. The molecule has 0 aliphatic carbocycles. The summed E-state index contributed by atoms with van der Waals surface area (Å²) in [6, 6.07) is 10.6. The third kappa shape index (κ3) is 2.05. The molecule has 1 amide bonds. The molecule has 0 radical (unpaired) electrons. The molecule has 1 aliphatic rings. The molecule has 2 aromatic carbocycles. The first kappa shape index (κ1) is 12.4. The summed E-state index contributed by atoms with van der Waals surface area (Å²) < 4.78 is 0. The van der Waals surface area contributed by atoms with Crippen molar-refractivity contribution in [3.05, 3.63) is 58.7 Å². The van der Waals surface area contributed by atoms with E-state index in [0.717, 1.165) is 16.8 Å². The number of aryl methyl sites for hydroxylation is 1. The second-order valence-electron chi connectivity index (χ2n) is 5.00. The number of carbonyl (C=O) groups is 2. The highest BCUT2D eigenvalue weighted by atomic mass is 16.1. The molecule has 0 aromatic heterocycles. The van der Waals surface area contributed by atoms with Crippen LogP contribution < -0.4 is 11.1 Å². The van der Waals surface area contributed by atoms with Gasteiger partial charge < -0.3 is 11.1 Å². The summed E-state index contributed by atoms with van der Waals surface area (Å²) in [5.41, 5.74) is 10.0. The van der Waals surface area contributed by atoms with Crippen LogP contribution in [0.15, 0.2) is 36.4 Å². The van der Waals surface area contributed by atoms with Crippen LogP contribution >= 0.6 is 0 Å². The van der Waals surface area contributed by atoms with E-state index in [-0.39, 0.29) is 11.7 Å². The molecule has 1 aliphatic heterocycles. The summed E-state index contributed by atoms with van der Waals surface area (Å²) in [4.78, 5) is 23.9. The van der Waals surface area contributed by atoms with Crippen LogP contribution in [-0.4, -0.2) is 11.7 Å². The fraction of sp³-hybridized carbons (Fsp3) is 0.125. The maximum absolute atomic E-state index is 12.5. The van der Waals surface area contributed by atoms with Crippen LogP contribution in [-0.2, 0) is 11.2 Å². The number of hydrogen-bond acceptors (Lipinski definition) is 3.